The molecule has 2 heterocycles. The van der Waals surface area contributed by atoms with Gasteiger partial charge in [0.15, 0.2) is 0 Å². The average molecular weight is 639 g/mol. The monoisotopic (exact) mass is 640 g/mol. The van der Waals surface area contributed by atoms with Gasteiger partial charge in [-0.1, -0.05) is 24.3 Å². The molecule has 0 spiro atoms. The Labute approximate surface area is 203 Å². The molecule has 2 aromatic rings. The maximum Gasteiger partial charge on any atom is 6.00 e. The summed E-state index contributed by atoms with van der Waals surface area (Å²) in [5, 5.41) is 0. The summed E-state index contributed by atoms with van der Waals surface area (Å²) in [5.74, 6) is -5.26. The second kappa shape index (κ2) is 10.6. The van der Waals surface area contributed by atoms with E-state index in [0.717, 1.165) is 11.0 Å². The molecule has 1 N–H and O–H groups in total. The third kappa shape index (κ3) is 6.20. The first kappa shape index (κ1) is 25.8. The molecule has 1 saturated carbocycles. The van der Waals surface area contributed by atoms with Crippen LogP contribution in [0, 0.1) is 18.1 Å². The Kier molecular flexibility index (Phi) is 8.31. The van der Waals surface area contributed by atoms with E-state index in [2.05, 4.69) is 6.42 Å². The van der Waals surface area contributed by atoms with Gasteiger partial charge < -0.3 is 21.8 Å². The van der Waals surface area contributed by atoms with Crippen molar-refractivity contribution in [2.75, 3.05) is 13.2 Å². The Morgan fingerprint density at radius 1 is 1.12 bits per heavy atom. The van der Waals surface area contributed by atoms with Gasteiger partial charge in [-0.3, -0.25) is 4.79 Å². The third-order valence-electron chi connectivity index (χ3n) is 5.74. The Hall–Kier alpha value is -1.81. The summed E-state index contributed by atoms with van der Waals surface area (Å²) in [6.07, 6.45) is 4.80. The van der Waals surface area contributed by atoms with Crippen LogP contribution in [0.25, 0.3) is 16.9 Å². The zero-order valence-electron chi connectivity index (χ0n) is 17.7. The van der Waals surface area contributed by atoms with E-state index < -0.39 is 48.2 Å². The zero-order chi connectivity index (χ0) is 22.9. The molecule has 4 nitrogen and oxygen atoms in total. The van der Waals surface area contributed by atoms with Crippen molar-refractivity contribution in [3.8, 4) is 11.1 Å². The molecule has 5 rings (SSSR count). The smallest absolute Gasteiger partial charge is 0.668 e. The van der Waals surface area contributed by atoms with Gasteiger partial charge in [0.2, 0.25) is 0 Å². The van der Waals surface area contributed by atoms with Crippen molar-refractivity contribution in [1.29, 1.82) is 0 Å². The second-order valence-corrected chi connectivity index (χ2v) is 8.35. The van der Waals surface area contributed by atoms with Gasteiger partial charge in [-0.05, 0) is 41.3 Å². The molecular formula is C24H24F4N2O2Os+4. The van der Waals surface area contributed by atoms with E-state index in [9.17, 15) is 22.4 Å². The van der Waals surface area contributed by atoms with Gasteiger partial charge in [0.25, 0.3) is 11.8 Å². The second-order valence-electron chi connectivity index (χ2n) is 8.35. The van der Waals surface area contributed by atoms with Gasteiger partial charge in [0.1, 0.15) is 17.7 Å². The first-order valence-electron chi connectivity index (χ1n) is 10.6. The molecule has 174 valence electrons. The van der Waals surface area contributed by atoms with Crippen molar-refractivity contribution >= 4 is 5.91 Å². The fourth-order valence-electron chi connectivity index (χ4n) is 3.83. The average Bonchev–Trinajstić information content (AvgIpc) is 3.55. The molecule has 0 bridgehead atoms. The summed E-state index contributed by atoms with van der Waals surface area (Å²) >= 11 is 0. The van der Waals surface area contributed by atoms with Gasteiger partial charge in [-0.2, -0.15) is 0 Å². The fourth-order valence-corrected chi connectivity index (χ4v) is 3.83. The number of hydrogen-bond donors (Lipinski definition) is 0. The van der Waals surface area contributed by atoms with Crippen LogP contribution < -0.4 is 0 Å². The van der Waals surface area contributed by atoms with Crippen molar-refractivity contribution in [2.45, 2.75) is 49.8 Å². The minimum Gasteiger partial charge on any atom is -0.668 e. The summed E-state index contributed by atoms with van der Waals surface area (Å²) in [6.45, 7) is -0.388. The quantitative estimate of drug-likeness (QED) is 0.341. The van der Waals surface area contributed by atoms with Crippen LogP contribution in [0.2, 0.25) is 0 Å². The topological polar surface area (TPSA) is 53.3 Å². The first-order valence-corrected chi connectivity index (χ1v) is 10.6. The van der Waals surface area contributed by atoms with Crippen LogP contribution in [0.3, 0.4) is 0 Å². The van der Waals surface area contributed by atoms with E-state index in [4.69, 9.17) is 10.5 Å². The van der Waals surface area contributed by atoms with Crippen molar-refractivity contribution in [1.82, 2.24) is 4.90 Å². The predicted molar refractivity (Wildman–Crippen MR) is 112 cm³/mol. The number of ether oxygens (including phenoxy) is 1. The number of halogens is 4. The van der Waals surface area contributed by atoms with Crippen molar-refractivity contribution < 1.29 is 46.9 Å². The van der Waals surface area contributed by atoms with Gasteiger partial charge >= 0.3 is 19.8 Å². The van der Waals surface area contributed by atoms with E-state index in [0.29, 0.717) is 29.7 Å². The number of amides is 1. The molecule has 9 heteroatoms. The SMILES string of the molecule is [CH-]1CC1.[NH-][C@@H]1[C@H](Cc2cccc(-c3cc(F)cc(F)c3)c2)N(C(=O)C2CCO2)CC1(F)F.[Os+6]. The van der Waals surface area contributed by atoms with Crippen molar-refractivity contribution in [3.63, 3.8) is 0 Å². The minimum absolute atomic E-state index is 0. The largest absolute Gasteiger partial charge is 6.00 e. The molecule has 3 atom stereocenters. The minimum atomic E-state index is -3.31. The number of nitrogens with one attached hydrogen (secondary N) is 1. The standard InChI is InChI=1S/C21H19F4N2O2.C3H5.Os/c22-15-8-14(9-16(23)10-15)13-3-1-2-12(6-13)7-17-19(26)21(24,25)11-27(17)20(28)18-4-5-29-18;1-2-3-1;/h1-3,6,8-10,17-19,26H,4-5,7,11H2;1H,2-3H2;/q2*-1;+6/t17-,18?,19+;;/m0../s1. The number of carbonyl (C=O) groups is 1. The van der Waals surface area contributed by atoms with Crippen LogP contribution in [0.4, 0.5) is 17.6 Å². The maximum atomic E-state index is 14.2. The Morgan fingerprint density at radius 2 is 1.76 bits per heavy atom. The van der Waals surface area contributed by atoms with Crippen LogP contribution in [0.5, 0.6) is 0 Å². The number of rotatable bonds is 4. The molecule has 1 amide bonds. The van der Waals surface area contributed by atoms with Crippen LogP contribution in [-0.2, 0) is 35.7 Å². The van der Waals surface area contributed by atoms with E-state index >= 15 is 0 Å². The number of alkyl halides is 2. The van der Waals surface area contributed by atoms with E-state index in [1.807, 2.05) is 0 Å². The molecule has 2 aliphatic heterocycles. The summed E-state index contributed by atoms with van der Waals surface area (Å²) in [7, 11) is 0. The fraction of sp³-hybridized carbons (Fsp3) is 0.417. The number of nitrogens with zero attached hydrogens (tertiary/aromatic N) is 1. The van der Waals surface area contributed by atoms with Crippen LogP contribution >= 0.6 is 0 Å². The molecule has 3 fully saturated rings. The molecule has 33 heavy (non-hydrogen) atoms. The van der Waals surface area contributed by atoms with Gasteiger partial charge in [0.05, 0.1) is 13.2 Å². The molecule has 0 radical (unpaired) electrons. The number of benzene rings is 2. The molecule has 0 aromatic heterocycles. The summed E-state index contributed by atoms with van der Waals surface area (Å²) in [4.78, 5) is 13.6. The first-order chi connectivity index (χ1) is 15.2. The summed E-state index contributed by atoms with van der Waals surface area (Å²) < 4.78 is 60.6. The van der Waals surface area contributed by atoms with Gasteiger partial charge in [0, 0.05) is 18.5 Å². The van der Waals surface area contributed by atoms with Crippen molar-refractivity contribution in [3.05, 3.63) is 71.8 Å². The van der Waals surface area contributed by atoms with Crippen LogP contribution in [-0.4, -0.2) is 48.1 Å². The Morgan fingerprint density at radius 3 is 2.30 bits per heavy atom. The number of likely N-dealkylation sites (tertiary alicyclic amines) is 1. The molecule has 1 unspecified atom stereocenters. The normalized spacial score (nSPS) is 24.8. The predicted octanol–water partition coefficient (Wildman–Crippen LogP) is 5.21. The van der Waals surface area contributed by atoms with E-state index in [-0.39, 0.29) is 26.2 Å². The molecule has 2 saturated heterocycles. The number of hydrogen-bond acceptors (Lipinski definition) is 2. The number of carbonyl (C=O) groups excluding carboxylic acids is 1. The van der Waals surface area contributed by atoms with Crippen LogP contribution in [0.15, 0.2) is 42.5 Å². The van der Waals surface area contributed by atoms with Gasteiger partial charge in [-0.15, -0.1) is 0 Å². The van der Waals surface area contributed by atoms with Gasteiger partial charge in [-0.25, -0.2) is 30.4 Å². The third-order valence-corrected chi connectivity index (χ3v) is 5.74. The summed E-state index contributed by atoms with van der Waals surface area (Å²) in [5.41, 5.74) is 9.41. The molecular weight excluding hydrogens is 614 g/mol. The molecule has 3 aliphatic rings. The van der Waals surface area contributed by atoms with E-state index in [1.165, 1.54) is 25.0 Å². The maximum absolute atomic E-state index is 14.2. The molecule has 2 aromatic carbocycles. The zero-order valence-corrected chi connectivity index (χ0v) is 20.3. The molecule has 1 aliphatic carbocycles. The Bertz CT molecular complexity index is 962. The summed E-state index contributed by atoms with van der Waals surface area (Å²) in [6, 6.07) is 7.00. The van der Waals surface area contributed by atoms with Crippen LogP contribution in [0.1, 0.15) is 24.8 Å². The Balaban J connectivity index is 0.000000709. The van der Waals surface area contributed by atoms with Crippen molar-refractivity contribution in [2.24, 2.45) is 0 Å². The van der Waals surface area contributed by atoms with E-state index in [1.54, 1.807) is 24.3 Å².